The highest BCUT2D eigenvalue weighted by atomic mass is 32.2. The van der Waals surface area contributed by atoms with Crippen LogP contribution in [-0.2, 0) is 4.79 Å². The third-order valence-corrected chi connectivity index (χ3v) is 4.91. The van der Waals surface area contributed by atoms with E-state index >= 15 is 0 Å². The van der Waals surface area contributed by atoms with E-state index in [-0.39, 0.29) is 5.91 Å². The number of likely N-dealkylation sites (tertiary alicyclic amines) is 1. The first kappa shape index (κ1) is 17.2. The highest BCUT2D eigenvalue weighted by molar-refractivity contribution is 7.98. The van der Waals surface area contributed by atoms with Gasteiger partial charge >= 0.3 is 0 Å². The summed E-state index contributed by atoms with van der Waals surface area (Å²) in [5, 5.41) is 9.94. The van der Waals surface area contributed by atoms with E-state index in [2.05, 4.69) is 6.07 Å². The van der Waals surface area contributed by atoms with Gasteiger partial charge in [-0.2, -0.15) is 11.8 Å². The molecular formula is C17H25NO3S. The number of piperidine rings is 1. The molecule has 0 bridgehead atoms. The highest BCUT2D eigenvalue weighted by Crippen LogP contribution is 2.34. The number of aliphatic hydroxyl groups is 1. The molecular weight excluding hydrogens is 298 g/mol. The molecule has 22 heavy (non-hydrogen) atoms. The van der Waals surface area contributed by atoms with E-state index in [0.29, 0.717) is 25.4 Å². The number of carbonyl (C=O) groups is 1. The van der Waals surface area contributed by atoms with E-state index < -0.39 is 6.10 Å². The van der Waals surface area contributed by atoms with Gasteiger partial charge in [0.05, 0.1) is 7.11 Å². The van der Waals surface area contributed by atoms with Gasteiger partial charge in [0.2, 0.25) is 0 Å². The monoisotopic (exact) mass is 323 g/mol. The number of nitrogens with zero attached hydrogens (tertiary/aromatic N) is 1. The fourth-order valence-corrected chi connectivity index (χ4v) is 3.44. The largest absolute Gasteiger partial charge is 0.496 e. The molecule has 1 unspecified atom stereocenters. The van der Waals surface area contributed by atoms with Crippen LogP contribution in [-0.4, -0.2) is 54.2 Å². The lowest BCUT2D eigenvalue weighted by atomic mass is 9.88. The van der Waals surface area contributed by atoms with Gasteiger partial charge in [0.15, 0.2) is 0 Å². The fraction of sp³-hybridized carbons (Fsp3) is 0.588. The molecule has 0 spiro atoms. The van der Waals surface area contributed by atoms with Gasteiger partial charge in [-0.1, -0.05) is 18.2 Å². The summed E-state index contributed by atoms with van der Waals surface area (Å²) in [6, 6.07) is 8.10. The van der Waals surface area contributed by atoms with Crippen LogP contribution in [0.3, 0.4) is 0 Å². The number of ether oxygens (including phenoxy) is 1. The quantitative estimate of drug-likeness (QED) is 0.874. The van der Waals surface area contributed by atoms with Crippen molar-refractivity contribution in [1.29, 1.82) is 0 Å². The maximum Gasteiger partial charge on any atom is 0.251 e. The van der Waals surface area contributed by atoms with Crippen molar-refractivity contribution in [3.05, 3.63) is 29.8 Å². The van der Waals surface area contributed by atoms with Crippen LogP contribution in [0.15, 0.2) is 24.3 Å². The van der Waals surface area contributed by atoms with Crippen molar-refractivity contribution >= 4 is 17.7 Å². The number of amides is 1. The van der Waals surface area contributed by atoms with E-state index in [1.807, 2.05) is 24.5 Å². The Hall–Kier alpha value is -1.20. The van der Waals surface area contributed by atoms with Crippen molar-refractivity contribution in [1.82, 2.24) is 4.90 Å². The summed E-state index contributed by atoms with van der Waals surface area (Å²) in [7, 11) is 1.69. The van der Waals surface area contributed by atoms with Crippen molar-refractivity contribution in [2.24, 2.45) is 0 Å². The molecule has 0 aliphatic carbocycles. The second kappa shape index (κ2) is 8.44. The molecule has 1 N–H and O–H groups in total. The summed E-state index contributed by atoms with van der Waals surface area (Å²) in [5.74, 6) is 2.04. The minimum Gasteiger partial charge on any atom is -0.496 e. The first-order valence-corrected chi connectivity index (χ1v) is 9.15. The topological polar surface area (TPSA) is 49.8 Å². The molecule has 2 rings (SSSR count). The average Bonchev–Trinajstić information content (AvgIpc) is 2.59. The van der Waals surface area contributed by atoms with Crippen LogP contribution >= 0.6 is 11.8 Å². The molecule has 1 aliphatic rings. The Labute approximate surface area is 136 Å². The zero-order valence-corrected chi connectivity index (χ0v) is 14.1. The van der Waals surface area contributed by atoms with Gasteiger partial charge in [-0.3, -0.25) is 4.79 Å². The molecule has 4 nitrogen and oxygen atoms in total. The lowest BCUT2D eigenvalue weighted by molar-refractivity contribution is -0.141. The molecule has 0 saturated carbocycles. The van der Waals surface area contributed by atoms with Gasteiger partial charge < -0.3 is 14.7 Å². The predicted octanol–water partition coefficient (Wildman–Crippen LogP) is 2.52. The van der Waals surface area contributed by atoms with Crippen LogP contribution in [0.2, 0.25) is 0 Å². The Balaban J connectivity index is 1.91. The summed E-state index contributed by atoms with van der Waals surface area (Å²) in [4.78, 5) is 14.0. The Morgan fingerprint density at radius 1 is 1.41 bits per heavy atom. The van der Waals surface area contributed by atoms with Gasteiger partial charge in [0.1, 0.15) is 11.9 Å². The van der Waals surface area contributed by atoms with E-state index in [1.165, 1.54) is 5.56 Å². The van der Waals surface area contributed by atoms with Gasteiger partial charge in [-0.25, -0.2) is 0 Å². The Morgan fingerprint density at radius 2 is 2.09 bits per heavy atom. The van der Waals surface area contributed by atoms with E-state index in [1.54, 1.807) is 23.8 Å². The average molecular weight is 323 g/mol. The molecule has 0 aromatic heterocycles. The normalized spacial score (nSPS) is 17.3. The molecule has 1 aromatic rings. The molecule has 1 saturated heterocycles. The maximum atomic E-state index is 12.2. The molecule has 1 heterocycles. The number of rotatable bonds is 6. The van der Waals surface area contributed by atoms with Crippen LogP contribution < -0.4 is 4.74 Å². The minimum absolute atomic E-state index is 0.118. The number of hydrogen-bond acceptors (Lipinski definition) is 4. The number of benzene rings is 1. The molecule has 1 aliphatic heterocycles. The van der Waals surface area contributed by atoms with Gasteiger partial charge in [0, 0.05) is 13.1 Å². The Kier molecular flexibility index (Phi) is 6.58. The summed E-state index contributed by atoms with van der Waals surface area (Å²) < 4.78 is 5.43. The SMILES string of the molecule is COc1ccccc1C1CCN(C(=O)C(O)CCSC)CC1. The number of thioether (sulfide) groups is 1. The first-order chi connectivity index (χ1) is 10.7. The predicted molar refractivity (Wildman–Crippen MR) is 90.6 cm³/mol. The lowest BCUT2D eigenvalue weighted by Gasteiger charge is -2.33. The third-order valence-electron chi connectivity index (χ3n) is 4.27. The number of aliphatic hydroxyl groups excluding tert-OH is 1. The van der Waals surface area contributed by atoms with E-state index in [9.17, 15) is 9.90 Å². The molecule has 5 heteroatoms. The number of methoxy groups -OCH3 is 1. The van der Waals surface area contributed by atoms with Crippen LogP contribution in [0, 0.1) is 0 Å². The van der Waals surface area contributed by atoms with Gasteiger partial charge in [-0.05, 0) is 48.8 Å². The lowest BCUT2D eigenvalue weighted by Crippen LogP contribution is -2.43. The van der Waals surface area contributed by atoms with Crippen LogP contribution in [0.5, 0.6) is 5.75 Å². The van der Waals surface area contributed by atoms with Crippen molar-refractivity contribution in [3.63, 3.8) is 0 Å². The van der Waals surface area contributed by atoms with Crippen LogP contribution in [0.4, 0.5) is 0 Å². The summed E-state index contributed by atoms with van der Waals surface area (Å²) >= 11 is 1.65. The van der Waals surface area contributed by atoms with E-state index in [0.717, 1.165) is 24.3 Å². The summed E-state index contributed by atoms with van der Waals surface area (Å²) in [6.07, 6.45) is 3.50. The molecule has 0 radical (unpaired) electrons. The number of para-hydroxylation sites is 1. The zero-order valence-electron chi connectivity index (χ0n) is 13.3. The second-order valence-electron chi connectivity index (χ2n) is 5.64. The standard InChI is InChI=1S/C17H25NO3S/c1-21-16-6-4-3-5-14(16)13-7-10-18(11-8-13)17(20)15(19)9-12-22-2/h3-6,13,15,19H,7-12H2,1-2H3. The smallest absolute Gasteiger partial charge is 0.251 e. The molecule has 1 fully saturated rings. The Bertz CT molecular complexity index is 487. The van der Waals surface area contributed by atoms with Crippen molar-refractivity contribution in [3.8, 4) is 5.75 Å². The number of hydrogen-bond donors (Lipinski definition) is 1. The van der Waals surface area contributed by atoms with E-state index in [4.69, 9.17) is 4.74 Å². The van der Waals surface area contributed by atoms with Crippen molar-refractivity contribution < 1.29 is 14.6 Å². The van der Waals surface area contributed by atoms with Crippen molar-refractivity contribution in [2.75, 3.05) is 32.2 Å². The second-order valence-corrected chi connectivity index (χ2v) is 6.62. The molecule has 1 amide bonds. The minimum atomic E-state index is -0.852. The van der Waals surface area contributed by atoms with Gasteiger partial charge in [-0.15, -0.1) is 0 Å². The van der Waals surface area contributed by atoms with Crippen LogP contribution in [0.25, 0.3) is 0 Å². The molecule has 1 aromatic carbocycles. The summed E-state index contributed by atoms with van der Waals surface area (Å²) in [5.41, 5.74) is 1.22. The molecule has 1 atom stereocenters. The number of carbonyl (C=O) groups excluding carboxylic acids is 1. The Morgan fingerprint density at radius 3 is 2.73 bits per heavy atom. The van der Waals surface area contributed by atoms with Crippen LogP contribution in [0.1, 0.15) is 30.7 Å². The fourth-order valence-electron chi connectivity index (χ4n) is 2.98. The maximum absolute atomic E-state index is 12.2. The highest BCUT2D eigenvalue weighted by Gasteiger charge is 2.28. The molecule has 122 valence electrons. The zero-order chi connectivity index (χ0) is 15.9. The van der Waals surface area contributed by atoms with Crippen molar-refractivity contribution in [2.45, 2.75) is 31.3 Å². The van der Waals surface area contributed by atoms with Gasteiger partial charge in [0.25, 0.3) is 5.91 Å². The third kappa shape index (κ3) is 4.17. The summed E-state index contributed by atoms with van der Waals surface area (Å²) in [6.45, 7) is 1.41. The first-order valence-electron chi connectivity index (χ1n) is 7.76.